The zero-order valence-electron chi connectivity index (χ0n) is 11.8. The van der Waals surface area contributed by atoms with Crippen LogP contribution in [0, 0.1) is 11.8 Å². The first-order chi connectivity index (χ1) is 9.72. The van der Waals surface area contributed by atoms with Crippen LogP contribution in [0.15, 0.2) is 30.4 Å². The Morgan fingerprint density at radius 2 is 1.85 bits per heavy atom. The maximum atomic E-state index is 12.5. The van der Waals surface area contributed by atoms with Gasteiger partial charge in [-0.2, -0.15) is 0 Å². The molecule has 1 amide bonds. The summed E-state index contributed by atoms with van der Waals surface area (Å²) in [7, 11) is 3.12. The minimum atomic E-state index is -0.120. The molecule has 106 valence electrons. The fourth-order valence-corrected chi connectivity index (χ4v) is 3.26. The number of allylic oxidation sites excluding steroid dienone is 1. The minimum Gasteiger partial charge on any atom is -0.496 e. The van der Waals surface area contributed by atoms with E-state index in [0.717, 1.165) is 12.8 Å². The number of hydrogen-bond donors (Lipinski definition) is 1. The van der Waals surface area contributed by atoms with Crippen LogP contribution >= 0.6 is 0 Å². The number of carbonyl (C=O) groups is 1. The summed E-state index contributed by atoms with van der Waals surface area (Å²) in [5.41, 5.74) is 0.476. The van der Waals surface area contributed by atoms with Crippen molar-refractivity contribution in [2.24, 2.45) is 11.8 Å². The smallest absolute Gasteiger partial charge is 0.259 e. The number of hydrogen-bond acceptors (Lipinski definition) is 3. The van der Waals surface area contributed by atoms with E-state index in [1.54, 1.807) is 26.4 Å². The molecule has 4 heteroatoms. The van der Waals surface area contributed by atoms with Crippen molar-refractivity contribution in [3.63, 3.8) is 0 Å². The Morgan fingerprint density at radius 1 is 1.15 bits per heavy atom. The summed E-state index contributed by atoms with van der Waals surface area (Å²) in [6.07, 6.45) is 6.67. The zero-order chi connectivity index (χ0) is 14.1. The van der Waals surface area contributed by atoms with Gasteiger partial charge in [-0.05, 0) is 36.8 Å². The summed E-state index contributed by atoms with van der Waals surface area (Å²) in [4.78, 5) is 12.5. The van der Waals surface area contributed by atoms with Gasteiger partial charge in [-0.15, -0.1) is 0 Å². The maximum Gasteiger partial charge on any atom is 0.259 e. The van der Waals surface area contributed by atoms with Crippen LogP contribution in [0.1, 0.15) is 23.2 Å². The molecular formula is C16H19NO3. The normalized spacial score (nSPS) is 26.6. The topological polar surface area (TPSA) is 47.6 Å². The zero-order valence-corrected chi connectivity index (χ0v) is 11.8. The van der Waals surface area contributed by atoms with Gasteiger partial charge in [0.2, 0.25) is 0 Å². The number of rotatable bonds is 4. The van der Waals surface area contributed by atoms with Crippen LogP contribution in [0.2, 0.25) is 0 Å². The molecule has 0 radical (unpaired) electrons. The first kappa shape index (κ1) is 13.0. The molecule has 2 aliphatic carbocycles. The Labute approximate surface area is 118 Å². The molecule has 3 atom stereocenters. The number of methoxy groups -OCH3 is 2. The molecule has 2 bridgehead atoms. The van der Waals surface area contributed by atoms with Gasteiger partial charge in [0.1, 0.15) is 17.1 Å². The molecule has 2 aliphatic rings. The second-order valence-electron chi connectivity index (χ2n) is 5.40. The minimum absolute atomic E-state index is 0.120. The van der Waals surface area contributed by atoms with Gasteiger partial charge >= 0.3 is 0 Å². The number of amides is 1. The highest BCUT2D eigenvalue weighted by atomic mass is 16.5. The fourth-order valence-electron chi connectivity index (χ4n) is 3.26. The lowest BCUT2D eigenvalue weighted by Crippen LogP contribution is -2.37. The van der Waals surface area contributed by atoms with E-state index < -0.39 is 0 Å². The molecule has 4 nitrogen and oxygen atoms in total. The monoisotopic (exact) mass is 273 g/mol. The maximum absolute atomic E-state index is 12.5. The highest BCUT2D eigenvalue weighted by Gasteiger charge is 2.37. The first-order valence-electron chi connectivity index (χ1n) is 6.93. The summed E-state index contributed by atoms with van der Waals surface area (Å²) in [6.45, 7) is 0. The molecule has 3 unspecified atom stereocenters. The second-order valence-corrected chi connectivity index (χ2v) is 5.40. The van der Waals surface area contributed by atoms with Crippen molar-refractivity contribution in [2.75, 3.05) is 14.2 Å². The number of carbonyl (C=O) groups excluding carboxylic acids is 1. The number of benzene rings is 1. The van der Waals surface area contributed by atoms with Gasteiger partial charge in [-0.3, -0.25) is 4.79 Å². The Bertz CT molecular complexity index is 530. The molecule has 1 fully saturated rings. The number of ether oxygens (including phenoxy) is 2. The van der Waals surface area contributed by atoms with Crippen LogP contribution in [-0.2, 0) is 0 Å². The Morgan fingerprint density at radius 3 is 2.35 bits per heavy atom. The predicted molar refractivity (Wildman–Crippen MR) is 76.2 cm³/mol. The van der Waals surface area contributed by atoms with Crippen molar-refractivity contribution in [3.8, 4) is 11.5 Å². The van der Waals surface area contributed by atoms with Crippen LogP contribution in [0.4, 0.5) is 0 Å². The number of fused-ring (bicyclic) bond motifs is 2. The van der Waals surface area contributed by atoms with Crippen LogP contribution in [0.5, 0.6) is 11.5 Å². The van der Waals surface area contributed by atoms with E-state index in [2.05, 4.69) is 17.5 Å². The third kappa shape index (κ3) is 2.15. The largest absolute Gasteiger partial charge is 0.496 e. The van der Waals surface area contributed by atoms with Crippen molar-refractivity contribution in [3.05, 3.63) is 35.9 Å². The molecule has 0 heterocycles. The van der Waals surface area contributed by atoms with Gasteiger partial charge in [0.05, 0.1) is 14.2 Å². The van der Waals surface area contributed by atoms with Gasteiger partial charge in [0, 0.05) is 6.04 Å². The van der Waals surface area contributed by atoms with E-state index >= 15 is 0 Å². The lowest BCUT2D eigenvalue weighted by Gasteiger charge is -2.21. The van der Waals surface area contributed by atoms with Crippen molar-refractivity contribution in [1.82, 2.24) is 5.32 Å². The third-order valence-electron chi connectivity index (χ3n) is 4.25. The third-order valence-corrected chi connectivity index (χ3v) is 4.25. The molecule has 0 aliphatic heterocycles. The van der Waals surface area contributed by atoms with Crippen molar-refractivity contribution in [2.45, 2.75) is 18.9 Å². The van der Waals surface area contributed by atoms with E-state index in [4.69, 9.17) is 9.47 Å². The van der Waals surface area contributed by atoms with Gasteiger partial charge < -0.3 is 14.8 Å². The van der Waals surface area contributed by atoms with Gasteiger partial charge in [-0.1, -0.05) is 18.2 Å². The van der Waals surface area contributed by atoms with Crippen LogP contribution in [0.25, 0.3) is 0 Å². The van der Waals surface area contributed by atoms with Crippen molar-refractivity contribution < 1.29 is 14.3 Å². The molecular weight excluding hydrogens is 254 g/mol. The standard InChI is InChI=1S/C16H19NO3/c1-19-13-4-3-5-14(20-2)15(13)16(18)17-12-9-10-6-7-11(12)8-10/h3-7,10-12H,8-9H2,1-2H3,(H,17,18). The lowest BCUT2D eigenvalue weighted by atomic mass is 10.0. The summed E-state index contributed by atoms with van der Waals surface area (Å²) >= 11 is 0. The second kappa shape index (κ2) is 5.19. The number of nitrogens with one attached hydrogen (secondary N) is 1. The fraction of sp³-hybridized carbons (Fsp3) is 0.438. The molecule has 3 rings (SSSR count). The molecule has 1 aromatic rings. The average molecular weight is 273 g/mol. The lowest BCUT2D eigenvalue weighted by molar-refractivity contribution is 0.0925. The van der Waals surface area contributed by atoms with Gasteiger partial charge in [0.25, 0.3) is 5.91 Å². The summed E-state index contributed by atoms with van der Waals surface area (Å²) < 4.78 is 10.6. The average Bonchev–Trinajstić information content (AvgIpc) is 3.08. The highest BCUT2D eigenvalue weighted by Crippen LogP contribution is 2.39. The molecule has 0 aromatic heterocycles. The van der Waals surface area contributed by atoms with Crippen LogP contribution in [-0.4, -0.2) is 26.2 Å². The Hall–Kier alpha value is -1.97. The Balaban J connectivity index is 1.82. The van der Waals surface area contributed by atoms with Crippen LogP contribution < -0.4 is 14.8 Å². The molecule has 0 spiro atoms. The van der Waals surface area contributed by atoms with E-state index in [1.165, 1.54) is 0 Å². The summed E-state index contributed by atoms with van der Waals surface area (Å²) in [5.74, 6) is 2.07. The van der Waals surface area contributed by atoms with Crippen LogP contribution in [0.3, 0.4) is 0 Å². The first-order valence-corrected chi connectivity index (χ1v) is 6.93. The Kier molecular flexibility index (Phi) is 3.38. The van der Waals surface area contributed by atoms with E-state index in [9.17, 15) is 4.79 Å². The van der Waals surface area contributed by atoms with Gasteiger partial charge in [0.15, 0.2) is 0 Å². The molecule has 20 heavy (non-hydrogen) atoms. The molecule has 1 N–H and O–H groups in total. The van der Waals surface area contributed by atoms with Crippen molar-refractivity contribution >= 4 is 5.91 Å². The molecule has 0 saturated heterocycles. The van der Waals surface area contributed by atoms with E-state index in [1.807, 2.05) is 6.07 Å². The molecule has 1 aromatic carbocycles. The SMILES string of the molecule is COc1cccc(OC)c1C(=O)NC1CC2C=CC1C2. The molecule has 1 saturated carbocycles. The van der Waals surface area contributed by atoms with E-state index in [0.29, 0.717) is 28.9 Å². The summed E-state index contributed by atoms with van der Waals surface area (Å²) in [5, 5.41) is 3.13. The quantitative estimate of drug-likeness (QED) is 0.857. The van der Waals surface area contributed by atoms with Gasteiger partial charge in [-0.25, -0.2) is 0 Å². The highest BCUT2D eigenvalue weighted by molar-refractivity contribution is 6.00. The summed E-state index contributed by atoms with van der Waals surface area (Å²) in [6, 6.07) is 5.59. The van der Waals surface area contributed by atoms with E-state index in [-0.39, 0.29) is 11.9 Å². The van der Waals surface area contributed by atoms with Crippen molar-refractivity contribution in [1.29, 1.82) is 0 Å². The predicted octanol–water partition coefficient (Wildman–Crippen LogP) is 2.40.